The van der Waals surface area contributed by atoms with Crippen LogP contribution in [0.3, 0.4) is 0 Å². The molecule has 0 aromatic heterocycles. The van der Waals surface area contributed by atoms with Gasteiger partial charge in [0.15, 0.2) is 11.5 Å². The minimum absolute atomic E-state index is 0.0728. The van der Waals surface area contributed by atoms with Crippen LogP contribution in [-0.4, -0.2) is 41.9 Å². The lowest BCUT2D eigenvalue weighted by Gasteiger charge is -2.43. The van der Waals surface area contributed by atoms with Gasteiger partial charge in [-0.15, -0.1) is 0 Å². The third-order valence-corrected chi connectivity index (χ3v) is 4.49. The maximum absolute atomic E-state index is 12.6. The molecule has 116 valence electrons. The second-order valence-electron chi connectivity index (χ2n) is 5.34. The number of hydrogen-bond acceptors (Lipinski definition) is 3. The van der Waals surface area contributed by atoms with Crippen LogP contribution in [0.1, 0.15) is 40.5 Å². The van der Waals surface area contributed by atoms with E-state index >= 15 is 0 Å². The van der Waals surface area contributed by atoms with Gasteiger partial charge in [-0.05, 0) is 32.3 Å². The van der Waals surface area contributed by atoms with E-state index in [9.17, 15) is 4.79 Å². The molecule has 0 aliphatic carbocycles. The Morgan fingerprint density at radius 1 is 1.38 bits per heavy atom. The highest BCUT2D eigenvalue weighted by atomic mass is 16.5. The molecule has 1 unspecified atom stereocenters. The maximum atomic E-state index is 12.6. The number of likely N-dealkylation sites (N-methyl/N-ethyl adjacent to an activating group) is 1. The summed E-state index contributed by atoms with van der Waals surface area (Å²) in [5, 5.41) is 0. The fraction of sp³-hybridized carbons (Fsp3) is 0.588. The van der Waals surface area contributed by atoms with Crippen molar-refractivity contribution in [2.24, 2.45) is 0 Å². The van der Waals surface area contributed by atoms with Crippen molar-refractivity contribution < 1.29 is 9.53 Å². The summed E-state index contributed by atoms with van der Waals surface area (Å²) in [5.74, 6) is 0.722. The van der Waals surface area contributed by atoms with Crippen LogP contribution < -0.4 is 0 Å². The van der Waals surface area contributed by atoms with Crippen molar-refractivity contribution in [2.45, 2.75) is 46.6 Å². The number of methoxy groups -OCH3 is 1. The topological polar surface area (TPSA) is 32.8 Å². The third kappa shape index (κ3) is 2.17. The fourth-order valence-electron chi connectivity index (χ4n) is 3.41. The Labute approximate surface area is 127 Å². The molecule has 0 bridgehead atoms. The molecule has 0 aromatic carbocycles. The molecule has 4 heteroatoms. The second-order valence-corrected chi connectivity index (χ2v) is 5.34. The van der Waals surface area contributed by atoms with Crippen LogP contribution in [0, 0.1) is 0 Å². The predicted octanol–water partition coefficient (Wildman–Crippen LogP) is 3.04. The minimum Gasteiger partial charge on any atom is -0.494 e. The molecule has 2 fully saturated rings. The van der Waals surface area contributed by atoms with Crippen LogP contribution in [0.2, 0.25) is 0 Å². The highest BCUT2D eigenvalue weighted by molar-refractivity contribution is 5.96. The first kappa shape index (κ1) is 15.7. The second kappa shape index (κ2) is 5.96. The summed E-state index contributed by atoms with van der Waals surface area (Å²) in [7, 11) is 1.62. The van der Waals surface area contributed by atoms with Gasteiger partial charge < -0.3 is 14.5 Å². The van der Waals surface area contributed by atoms with Gasteiger partial charge in [0.25, 0.3) is 5.91 Å². The van der Waals surface area contributed by atoms with Gasteiger partial charge in [0.05, 0.1) is 13.2 Å². The quantitative estimate of drug-likeness (QED) is 0.783. The highest BCUT2D eigenvalue weighted by Crippen LogP contribution is 2.45. The molecule has 21 heavy (non-hydrogen) atoms. The zero-order valence-corrected chi connectivity index (χ0v) is 13.8. The largest absolute Gasteiger partial charge is 0.494 e. The Kier molecular flexibility index (Phi) is 4.45. The average Bonchev–Trinajstić information content (AvgIpc) is 2.93. The number of nitrogens with zero attached hydrogens (tertiary/aromatic N) is 2. The van der Waals surface area contributed by atoms with E-state index < -0.39 is 0 Å². The van der Waals surface area contributed by atoms with Crippen LogP contribution in [0.15, 0.2) is 34.9 Å². The number of amides is 1. The van der Waals surface area contributed by atoms with Gasteiger partial charge in [0.2, 0.25) is 0 Å². The molecule has 0 saturated carbocycles. The summed E-state index contributed by atoms with van der Waals surface area (Å²) < 4.78 is 5.49. The molecule has 0 aromatic rings. The summed E-state index contributed by atoms with van der Waals surface area (Å²) >= 11 is 0. The van der Waals surface area contributed by atoms with Crippen LogP contribution >= 0.6 is 0 Å². The zero-order chi connectivity index (χ0) is 15.7. The van der Waals surface area contributed by atoms with Crippen LogP contribution in [0.4, 0.5) is 0 Å². The van der Waals surface area contributed by atoms with E-state index in [1.165, 1.54) is 11.3 Å². The summed E-state index contributed by atoms with van der Waals surface area (Å²) in [5.41, 5.74) is 3.98. The fourth-order valence-corrected chi connectivity index (χ4v) is 3.41. The molecule has 4 nitrogen and oxygen atoms in total. The van der Waals surface area contributed by atoms with Crippen LogP contribution in [-0.2, 0) is 9.53 Å². The van der Waals surface area contributed by atoms with E-state index in [0.29, 0.717) is 17.5 Å². The van der Waals surface area contributed by atoms with Crippen LogP contribution in [0.5, 0.6) is 0 Å². The molecule has 0 radical (unpaired) electrons. The van der Waals surface area contributed by atoms with E-state index in [4.69, 9.17) is 4.74 Å². The normalized spacial score (nSPS) is 24.1. The summed E-state index contributed by atoms with van der Waals surface area (Å²) in [6.07, 6.45) is 2.13. The number of carbonyl (C=O) groups excluding carboxylic acids is 1. The standard InChI is InChI=1S/C15H20N2O2.C2H6/c1-5-16-8-11-6-7-12-9(2)10(3)14(19-4)13(15(16)18)17(11)12;1-2/h11H,3,5-8H2,1-2,4H3;1-2H3. The molecular weight excluding hydrogens is 264 g/mol. The molecule has 3 heterocycles. The molecule has 1 amide bonds. The molecule has 0 N–H and O–H groups in total. The lowest BCUT2D eigenvalue weighted by atomic mass is 9.97. The van der Waals surface area contributed by atoms with Crippen molar-refractivity contribution in [1.29, 1.82) is 0 Å². The first-order chi connectivity index (χ1) is 10.1. The number of allylic oxidation sites excluding steroid dienone is 2. The lowest BCUT2D eigenvalue weighted by Crippen LogP contribution is -2.53. The molecule has 3 aliphatic heterocycles. The molecule has 1 atom stereocenters. The van der Waals surface area contributed by atoms with Gasteiger partial charge in [-0.3, -0.25) is 4.79 Å². The average molecular weight is 290 g/mol. The molecule has 0 spiro atoms. The third-order valence-electron chi connectivity index (χ3n) is 4.49. The van der Waals surface area contributed by atoms with Crippen molar-refractivity contribution >= 4 is 5.91 Å². The van der Waals surface area contributed by atoms with Crippen molar-refractivity contribution in [3.63, 3.8) is 0 Å². The Bertz CT molecular complexity index is 531. The summed E-state index contributed by atoms with van der Waals surface area (Å²) in [6, 6.07) is 0.399. The Morgan fingerprint density at radius 2 is 2.05 bits per heavy atom. The van der Waals surface area contributed by atoms with Gasteiger partial charge in [-0.1, -0.05) is 20.4 Å². The van der Waals surface area contributed by atoms with E-state index in [-0.39, 0.29) is 5.91 Å². The number of carbonyl (C=O) groups is 1. The summed E-state index contributed by atoms with van der Waals surface area (Å²) in [6.45, 7) is 13.8. The molecule has 3 rings (SSSR count). The van der Waals surface area contributed by atoms with E-state index in [0.717, 1.165) is 31.5 Å². The minimum atomic E-state index is 0.0728. The van der Waals surface area contributed by atoms with Crippen molar-refractivity contribution in [3.8, 4) is 0 Å². The monoisotopic (exact) mass is 290 g/mol. The van der Waals surface area contributed by atoms with Gasteiger partial charge >= 0.3 is 0 Å². The first-order valence-electron chi connectivity index (χ1n) is 7.86. The van der Waals surface area contributed by atoms with Gasteiger partial charge in [-0.25, -0.2) is 0 Å². The lowest BCUT2D eigenvalue weighted by molar-refractivity contribution is -0.132. The number of ether oxygens (including phenoxy) is 1. The summed E-state index contributed by atoms with van der Waals surface area (Å²) in [4.78, 5) is 16.7. The molecular formula is C17H26N2O2. The SMILES string of the molecule is C=C1C(C)=C2CCC3CN(CC)C(=O)C(=C1OC)N23.CC. The molecule has 3 aliphatic rings. The number of rotatable bonds is 2. The van der Waals surface area contributed by atoms with Crippen molar-refractivity contribution in [1.82, 2.24) is 9.80 Å². The van der Waals surface area contributed by atoms with E-state index in [1.54, 1.807) is 7.11 Å². The smallest absolute Gasteiger partial charge is 0.274 e. The van der Waals surface area contributed by atoms with Gasteiger partial charge in [0, 0.05) is 24.4 Å². The van der Waals surface area contributed by atoms with E-state index in [2.05, 4.69) is 18.4 Å². The highest BCUT2D eigenvalue weighted by Gasteiger charge is 2.46. The number of piperazine rings is 1. The first-order valence-corrected chi connectivity index (χ1v) is 7.86. The van der Waals surface area contributed by atoms with Crippen molar-refractivity contribution in [3.05, 3.63) is 34.9 Å². The Hall–Kier alpha value is -1.71. The predicted molar refractivity (Wildman–Crippen MR) is 84.3 cm³/mol. The van der Waals surface area contributed by atoms with Gasteiger partial charge in [-0.2, -0.15) is 0 Å². The van der Waals surface area contributed by atoms with Crippen molar-refractivity contribution in [2.75, 3.05) is 20.2 Å². The van der Waals surface area contributed by atoms with E-state index in [1.807, 2.05) is 25.7 Å². The van der Waals surface area contributed by atoms with Gasteiger partial charge in [0.1, 0.15) is 0 Å². The Balaban J connectivity index is 0.000000774. The maximum Gasteiger partial charge on any atom is 0.274 e. The Morgan fingerprint density at radius 3 is 2.62 bits per heavy atom. The number of hydrogen-bond donors (Lipinski definition) is 0. The zero-order valence-electron chi connectivity index (χ0n) is 13.8. The van der Waals surface area contributed by atoms with Crippen LogP contribution in [0.25, 0.3) is 0 Å². The molecule has 2 saturated heterocycles.